The lowest BCUT2D eigenvalue weighted by Crippen LogP contribution is -2.36. The van der Waals surface area contributed by atoms with Crippen molar-refractivity contribution in [3.8, 4) is 16.8 Å². The Morgan fingerprint density at radius 3 is 1.89 bits per heavy atom. The number of rotatable bonds is 4. The number of anilines is 3. The van der Waals surface area contributed by atoms with Gasteiger partial charge in [0.05, 0.1) is 16.4 Å². The lowest BCUT2D eigenvalue weighted by molar-refractivity contribution is 0.707. The maximum atomic E-state index is 2.44. The van der Waals surface area contributed by atoms with Gasteiger partial charge in [0.2, 0.25) is 0 Å². The van der Waals surface area contributed by atoms with Crippen LogP contribution in [-0.4, -0.2) is 4.57 Å². The summed E-state index contributed by atoms with van der Waals surface area (Å²) in [7, 11) is 0. The molecule has 1 aromatic heterocycles. The Balaban J connectivity index is 1.12. The second kappa shape index (κ2) is 12.1. The first-order chi connectivity index (χ1) is 27.8. The molecule has 12 rings (SSSR count). The van der Waals surface area contributed by atoms with Crippen LogP contribution in [0, 0.1) is 0 Å². The molecular formula is C53H34N2S. The van der Waals surface area contributed by atoms with Gasteiger partial charge in [-0.15, -0.1) is 0 Å². The van der Waals surface area contributed by atoms with Gasteiger partial charge < -0.3 is 9.47 Å². The summed E-state index contributed by atoms with van der Waals surface area (Å²) in [5.74, 6) is 0. The number of aromatic nitrogens is 1. The minimum Gasteiger partial charge on any atom is -0.310 e. The van der Waals surface area contributed by atoms with Crippen LogP contribution in [0.3, 0.4) is 0 Å². The number of nitrogens with zero attached hydrogens (tertiary/aromatic N) is 2. The van der Waals surface area contributed by atoms with E-state index in [1.165, 1.54) is 75.7 Å². The van der Waals surface area contributed by atoms with Gasteiger partial charge in [0, 0.05) is 43.3 Å². The lowest BCUT2D eigenvalue weighted by Gasteiger charge is -2.46. The second-order valence-corrected chi connectivity index (χ2v) is 15.9. The molecule has 56 heavy (non-hydrogen) atoms. The fourth-order valence-corrected chi connectivity index (χ4v) is 11.0. The second-order valence-electron chi connectivity index (χ2n) is 14.8. The summed E-state index contributed by atoms with van der Waals surface area (Å²) in [6, 6.07) is 76.3. The fraction of sp³-hybridized carbons (Fsp3) is 0.0189. The highest BCUT2D eigenvalue weighted by Crippen LogP contribution is 2.61. The van der Waals surface area contributed by atoms with Crippen LogP contribution in [0.25, 0.3) is 49.4 Å². The largest absolute Gasteiger partial charge is 0.310 e. The lowest BCUT2D eigenvalue weighted by atomic mass is 9.59. The Labute approximate surface area is 329 Å². The molecule has 1 atom stereocenters. The smallest absolute Gasteiger partial charge is 0.0735 e. The van der Waals surface area contributed by atoms with Crippen LogP contribution in [0.15, 0.2) is 216 Å². The molecule has 1 spiro atoms. The van der Waals surface area contributed by atoms with Crippen molar-refractivity contribution >= 4 is 61.4 Å². The molecule has 1 unspecified atom stereocenters. The first-order valence-corrected chi connectivity index (χ1v) is 20.1. The third-order valence-corrected chi connectivity index (χ3v) is 13.1. The zero-order valence-electron chi connectivity index (χ0n) is 30.4. The van der Waals surface area contributed by atoms with Crippen LogP contribution in [0.1, 0.15) is 22.3 Å². The van der Waals surface area contributed by atoms with E-state index in [-0.39, 0.29) is 0 Å². The van der Waals surface area contributed by atoms with E-state index in [1.54, 1.807) is 0 Å². The maximum absolute atomic E-state index is 2.44. The maximum Gasteiger partial charge on any atom is 0.0735 e. The first-order valence-electron chi connectivity index (χ1n) is 19.3. The molecule has 0 bridgehead atoms. The number of para-hydroxylation sites is 3. The van der Waals surface area contributed by atoms with E-state index in [0.717, 1.165) is 22.7 Å². The topological polar surface area (TPSA) is 8.17 Å². The summed E-state index contributed by atoms with van der Waals surface area (Å²) in [4.78, 5) is 4.99. The van der Waals surface area contributed by atoms with Crippen LogP contribution in [0.4, 0.5) is 17.1 Å². The molecular weight excluding hydrogens is 697 g/mol. The van der Waals surface area contributed by atoms with E-state index < -0.39 is 5.41 Å². The third kappa shape index (κ3) is 4.35. The van der Waals surface area contributed by atoms with Gasteiger partial charge in [-0.05, 0) is 105 Å². The summed E-state index contributed by atoms with van der Waals surface area (Å²) in [5.41, 5.74) is 14.4. The number of fused-ring (bicyclic) bond motifs is 11. The fourth-order valence-electron chi connectivity index (χ4n) is 9.80. The first kappa shape index (κ1) is 31.5. The number of hydrogen-bond donors (Lipinski definition) is 0. The molecule has 0 amide bonds. The molecule has 0 N–H and O–H groups in total. The van der Waals surface area contributed by atoms with Crippen molar-refractivity contribution in [2.24, 2.45) is 0 Å². The van der Waals surface area contributed by atoms with Gasteiger partial charge >= 0.3 is 0 Å². The zero-order chi connectivity index (χ0) is 36.8. The van der Waals surface area contributed by atoms with Gasteiger partial charge in [0.25, 0.3) is 0 Å². The molecule has 262 valence electrons. The predicted octanol–water partition coefficient (Wildman–Crippen LogP) is 14.2. The van der Waals surface area contributed by atoms with Crippen LogP contribution in [0.2, 0.25) is 0 Å². The van der Waals surface area contributed by atoms with E-state index in [2.05, 4.69) is 216 Å². The van der Waals surface area contributed by atoms with Gasteiger partial charge in [0.1, 0.15) is 0 Å². The van der Waals surface area contributed by atoms with Crippen molar-refractivity contribution in [3.05, 3.63) is 229 Å². The van der Waals surface area contributed by atoms with Crippen LogP contribution in [-0.2, 0) is 5.41 Å². The summed E-state index contributed by atoms with van der Waals surface area (Å²) < 4.78 is 2.40. The Morgan fingerprint density at radius 2 is 1.02 bits per heavy atom. The zero-order valence-corrected chi connectivity index (χ0v) is 31.2. The molecule has 10 aromatic rings. The Kier molecular flexibility index (Phi) is 6.81. The summed E-state index contributed by atoms with van der Waals surface area (Å²) >= 11 is 1.89. The van der Waals surface area contributed by atoms with Gasteiger partial charge in [-0.2, -0.15) is 0 Å². The summed E-state index contributed by atoms with van der Waals surface area (Å²) in [6.45, 7) is 0. The van der Waals surface area contributed by atoms with Crippen molar-refractivity contribution < 1.29 is 0 Å². The molecule has 9 aromatic carbocycles. The Bertz CT molecular complexity index is 3180. The quantitative estimate of drug-likeness (QED) is 0.178. The SMILES string of the molecule is c1ccc(N(c2ccc3c(c2)Sc2ccccc2C32c3ccccc3-c3cccc4cccc2c34)c2ccc3c4ccccc4n(-c4ccccc4)c3c2)cc1. The highest BCUT2D eigenvalue weighted by atomic mass is 32.2. The van der Waals surface area contributed by atoms with E-state index in [9.17, 15) is 0 Å². The molecule has 2 heterocycles. The number of hydrogen-bond acceptors (Lipinski definition) is 2. The monoisotopic (exact) mass is 730 g/mol. The molecule has 1 aliphatic carbocycles. The van der Waals surface area contributed by atoms with Crippen molar-refractivity contribution in [2.45, 2.75) is 15.2 Å². The van der Waals surface area contributed by atoms with Crippen molar-refractivity contribution in [1.29, 1.82) is 0 Å². The van der Waals surface area contributed by atoms with Crippen molar-refractivity contribution in [1.82, 2.24) is 4.57 Å². The molecule has 1 aliphatic heterocycles. The highest BCUT2D eigenvalue weighted by molar-refractivity contribution is 7.99. The average Bonchev–Trinajstić information content (AvgIpc) is 3.59. The molecule has 0 radical (unpaired) electrons. The van der Waals surface area contributed by atoms with E-state index in [0.29, 0.717) is 0 Å². The number of benzene rings is 9. The summed E-state index contributed by atoms with van der Waals surface area (Å²) in [5, 5.41) is 5.12. The molecule has 2 aliphatic rings. The van der Waals surface area contributed by atoms with E-state index in [1.807, 2.05) is 11.8 Å². The highest BCUT2D eigenvalue weighted by Gasteiger charge is 2.48. The van der Waals surface area contributed by atoms with E-state index >= 15 is 0 Å². The molecule has 0 saturated heterocycles. The predicted molar refractivity (Wildman–Crippen MR) is 234 cm³/mol. The van der Waals surface area contributed by atoms with Crippen LogP contribution in [0.5, 0.6) is 0 Å². The van der Waals surface area contributed by atoms with Gasteiger partial charge in [-0.1, -0.05) is 157 Å². The van der Waals surface area contributed by atoms with Crippen molar-refractivity contribution in [3.63, 3.8) is 0 Å². The van der Waals surface area contributed by atoms with Gasteiger partial charge in [-0.3, -0.25) is 0 Å². The minimum atomic E-state index is -0.479. The summed E-state index contributed by atoms with van der Waals surface area (Å²) in [6.07, 6.45) is 0. The van der Waals surface area contributed by atoms with Gasteiger partial charge in [0.15, 0.2) is 0 Å². The average molecular weight is 731 g/mol. The molecule has 0 saturated carbocycles. The van der Waals surface area contributed by atoms with E-state index in [4.69, 9.17) is 0 Å². The molecule has 0 fully saturated rings. The molecule has 2 nitrogen and oxygen atoms in total. The molecule has 3 heteroatoms. The van der Waals surface area contributed by atoms with Crippen molar-refractivity contribution in [2.75, 3.05) is 4.90 Å². The minimum absolute atomic E-state index is 0.479. The Morgan fingerprint density at radius 1 is 0.393 bits per heavy atom. The standard InChI is InChI=1S/C53H34N2S/c1-3-17-36(18-4-1)54(38-29-31-42-41-22-8-11-27-48(41)55(49(42)33-38)37-19-5-2-6-20-37)39-30-32-46-51(34-39)56-50-28-12-10-25-45(50)53(46)44-24-9-7-21-40(44)43-23-13-15-35-16-14-26-47(53)52(35)43/h1-34H. The van der Waals surface area contributed by atoms with Crippen LogP contribution < -0.4 is 4.90 Å². The third-order valence-electron chi connectivity index (χ3n) is 12.0. The van der Waals surface area contributed by atoms with Gasteiger partial charge in [-0.25, -0.2) is 0 Å². The van der Waals surface area contributed by atoms with Crippen LogP contribution >= 0.6 is 11.8 Å². The normalized spacial score (nSPS) is 15.1. The Hall–Kier alpha value is -6.81.